The van der Waals surface area contributed by atoms with Crippen LogP contribution >= 0.6 is 12.4 Å². The molecule has 1 heterocycles. The first-order valence-corrected chi connectivity index (χ1v) is 9.02. The van der Waals surface area contributed by atoms with Crippen LogP contribution in [0.4, 0.5) is 0 Å². The minimum atomic E-state index is -0.489. The van der Waals surface area contributed by atoms with E-state index in [9.17, 15) is 4.79 Å². The number of benzene rings is 1. The summed E-state index contributed by atoms with van der Waals surface area (Å²) in [5.74, 6) is 1.75. The van der Waals surface area contributed by atoms with Gasteiger partial charge in [0, 0.05) is 18.3 Å². The zero-order chi connectivity index (χ0) is 18.8. The van der Waals surface area contributed by atoms with Gasteiger partial charge in [0.2, 0.25) is 11.8 Å². The van der Waals surface area contributed by atoms with E-state index in [1.54, 1.807) is 6.20 Å². The Labute approximate surface area is 166 Å². The Morgan fingerprint density at radius 1 is 1.15 bits per heavy atom. The van der Waals surface area contributed by atoms with Crippen molar-refractivity contribution in [2.75, 3.05) is 6.61 Å². The molecule has 2 aromatic rings. The van der Waals surface area contributed by atoms with Gasteiger partial charge in [-0.1, -0.05) is 26.3 Å². The molecule has 1 aromatic heterocycles. The molecule has 1 aromatic carbocycles. The topological polar surface area (TPSA) is 86.5 Å². The van der Waals surface area contributed by atoms with E-state index in [1.165, 1.54) is 0 Å². The number of hydrogen-bond donors (Lipinski definition) is 2. The molecule has 0 spiro atoms. The van der Waals surface area contributed by atoms with Crippen molar-refractivity contribution in [3.63, 3.8) is 0 Å². The summed E-state index contributed by atoms with van der Waals surface area (Å²) in [7, 11) is 0. The molecule has 0 saturated carbocycles. The molecule has 6 nitrogen and oxygen atoms in total. The van der Waals surface area contributed by atoms with Gasteiger partial charge in [0.25, 0.3) is 0 Å². The Morgan fingerprint density at radius 2 is 1.85 bits per heavy atom. The number of carbonyl (C=O) groups is 1. The SMILES string of the molecule is CCCOc1ccc(Oc2ncccc2CNC(=O)C(N)CCC)cc1.Cl. The lowest BCUT2D eigenvalue weighted by Gasteiger charge is -2.13. The number of hydrogen-bond acceptors (Lipinski definition) is 5. The maximum atomic E-state index is 12.0. The van der Waals surface area contributed by atoms with Gasteiger partial charge in [0.15, 0.2) is 0 Å². The van der Waals surface area contributed by atoms with Crippen LogP contribution < -0.4 is 20.5 Å². The highest BCUT2D eigenvalue weighted by atomic mass is 35.5. The molecule has 0 aliphatic carbocycles. The number of halogens is 1. The van der Waals surface area contributed by atoms with Gasteiger partial charge in [0.05, 0.1) is 12.6 Å². The number of rotatable bonds is 10. The third kappa shape index (κ3) is 7.45. The Morgan fingerprint density at radius 3 is 2.52 bits per heavy atom. The molecule has 0 bridgehead atoms. The zero-order valence-electron chi connectivity index (χ0n) is 15.8. The first kappa shape index (κ1) is 22.7. The van der Waals surface area contributed by atoms with Crippen LogP contribution in [0.3, 0.4) is 0 Å². The van der Waals surface area contributed by atoms with Crippen LogP contribution in [-0.4, -0.2) is 23.5 Å². The number of amides is 1. The van der Waals surface area contributed by atoms with Crippen molar-refractivity contribution in [1.29, 1.82) is 0 Å². The second kappa shape index (κ2) is 12.1. The molecule has 27 heavy (non-hydrogen) atoms. The number of pyridine rings is 1. The van der Waals surface area contributed by atoms with Crippen LogP contribution in [0.15, 0.2) is 42.6 Å². The molecule has 0 radical (unpaired) electrons. The van der Waals surface area contributed by atoms with Gasteiger partial charge in [-0.3, -0.25) is 4.79 Å². The number of aromatic nitrogens is 1. The van der Waals surface area contributed by atoms with Crippen LogP contribution in [0.5, 0.6) is 17.4 Å². The maximum Gasteiger partial charge on any atom is 0.237 e. The fraction of sp³-hybridized carbons (Fsp3) is 0.400. The summed E-state index contributed by atoms with van der Waals surface area (Å²) in [5.41, 5.74) is 6.62. The Balaban J connectivity index is 0.00000364. The van der Waals surface area contributed by atoms with Crippen molar-refractivity contribution in [3.8, 4) is 17.4 Å². The summed E-state index contributed by atoms with van der Waals surface area (Å²) < 4.78 is 11.4. The highest BCUT2D eigenvalue weighted by Crippen LogP contribution is 2.25. The first-order chi connectivity index (χ1) is 12.6. The lowest BCUT2D eigenvalue weighted by atomic mass is 10.1. The smallest absolute Gasteiger partial charge is 0.237 e. The van der Waals surface area contributed by atoms with Crippen LogP contribution in [0, 0.1) is 0 Å². The normalized spacial score (nSPS) is 11.2. The van der Waals surface area contributed by atoms with Crippen LogP contribution in [0.25, 0.3) is 0 Å². The molecule has 1 atom stereocenters. The highest BCUT2D eigenvalue weighted by molar-refractivity contribution is 5.85. The van der Waals surface area contributed by atoms with E-state index in [1.807, 2.05) is 43.3 Å². The summed E-state index contributed by atoms with van der Waals surface area (Å²) in [5, 5.41) is 2.84. The van der Waals surface area contributed by atoms with E-state index in [0.29, 0.717) is 31.2 Å². The predicted molar refractivity (Wildman–Crippen MR) is 109 cm³/mol. The van der Waals surface area contributed by atoms with Gasteiger partial charge in [-0.05, 0) is 43.2 Å². The number of ether oxygens (including phenoxy) is 2. The van der Waals surface area contributed by atoms with Gasteiger partial charge in [-0.25, -0.2) is 4.98 Å². The van der Waals surface area contributed by atoms with Crippen molar-refractivity contribution >= 4 is 18.3 Å². The van der Waals surface area contributed by atoms with Crippen molar-refractivity contribution < 1.29 is 14.3 Å². The lowest BCUT2D eigenvalue weighted by molar-refractivity contribution is -0.122. The summed E-state index contributed by atoms with van der Waals surface area (Å²) in [6.45, 7) is 5.06. The molecule has 148 valence electrons. The van der Waals surface area contributed by atoms with E-state index < -0.39 is 6.04 Å². The van der Waals surface area contributed by atoms with Gasteiger partial charge in [-0.15, -0.1) is 12.4 Å². The first-order valence-electron chi connectivity index (χ1n) is 9.02. The third-order valence-corrected chi connectivity index (χ3v) is 3.75. The molecule has 0 fully saturated rings. The van der Waals surface area contributed by atoms with Crippen molar-refractivity contribution in [2.45, 2.75) is 45.7 Å². The molecular weight excluding hydrogens is 366 g/mol. The average molecular weight is 394 g/mol. The molecule has 2 rings (SSSR count). The third-order valence-electron chi connectivity index (χ3n) is 3.75. The fourth-order valence-corrected chi connectivity index (χ4v) is 2.34. The fourth-order valence-electron chi connectivity index (χ4n) is 2.34. The van der Waals surface area contributed by atoms with Crippen LogP contribution in [0.2, 0.25) is 0 Å². The van der Waals surface area contributed by atoms with E-state index in [0.717, 1.165) is 24.2 Å². The quantitative estimate of drug-likeness (QED) is 0.640. The second-order valence-corrected chi connectivity index (χ2v) is 6.00. The van der Waals surface area contributed by atoms with Crippen LogP contribution in [0.1, 0.15) is 38.7 Å². The number of nitrogens with zero attached hydrogens (tertiary/aromatic N) is 1. The molecule has 0 aliphatic heterocycles. The molecule has 3 N–H and O–H groups in total. The maximum absolute atomic E-state index is 12.0. The Hall–Kier alpha value is -2.31. The Bertz CT molecular complexity index is 695. The molecule has 7 heteroatoms. The summed E-state index contributed by atoms with van der Waals surface area (Å²) >= 11 is 0. The average Bonchev–Trinajstić information content (AvgIpc) is 2.66. The molecular formula is C20H28ClN3O3. The van der Waals surface area contributed by atoms with E-state index >= 15 is 0 Å². The van der Waals surface area contributed by atoms with Crippen molar-refractivity contribution in [3.05, 3.63) is 48.2 Å². The summed E-state index contributed by atoms with van der Waals surface area (Å²) in [6, 6.07) is 10.6. The van der Waals surface area contributed by atoms with Crippen molar-refractivity contribution in [2.24, 2.45) is 5.73 Å². The molecule has 0 saturated heterocycles. The van der Waals surface area contributed by atoms with Crippen LogP contribution in [-0.2, 0) is 11.3 Å². The second-order valence-electron chi connectivity index (χ2n) is 6.00. The van der Waals surface area contributed by atoms with Gasteiger partial charge >= 0.3 is 0 Å². The largest absolute Gasteiger partial charge is 0.494 e. The molecule has 0 aliphatic rings. The lowest BCUT2D eigenvalue weighted by Crippen LogP contribution is -2.40. The highest BCUT2D eigenvalue weighted by Gasteiger charge is 2.13. The van der Waals surface area contributed by atoms with Gasteiger partial charge < -0.3 is 20.5 Å². The standard InChI is InChI=1S/C20H27N3O3.ClH/c1-3-6-18(21)19(24)23-14-15-7-5-12-22-20(15)26-17-10-8-16(9-11-17)25-13-4-2;/h5,7-12,18H,3-4,6,13-14,21H2,1-2H3,(H,23,24);1H. The van der Waals surface area contributed by atoms with Gasteiger partial charge in [0.1, 0.15) is 11.5 Å². The Kier molecular flexibility index (Phi) is 10.2. The predicted octanol–water partition coefficient (Wildman–Crippen LogP) is 3.83. The van der Waals surface area contributed by atoms with E-state index in [4.69, 9.17) is 15.2 Å². The summed E-state index contributed by atoms with van der Waals surface area (Å²) in [4.78, 5) is 16.3. The minimum absolute atomic E-state index is 0. The van der Waals surface area contributed by atoms with E-state index in [2.05, 4.69) is 17.2 Å². The zero-order valence-corrected chi connectivity index (χ0v) is 16.6. The van der Waals surface area contributed by atoms with Gasteiger partial charge in [-0.2, -0.15) is 0 Å². The number of nitrogens with two attached hydrogens (primary N) is 1. The number of carbonyl (C=O) groups excluding carboxylic acids is 1. The monoisotopic (exact) mass is 393 g/mol. The number of nitrogens with one attached hydrogen (secondary N) is 1. The molecule has 1 unspecified atom stereocenters. The summed E-state index contributed by atoms with van der Waals surface area (Å²) in [6.07, 6.45) is 4.15. The van der Waals surface area contributed by atoms with Crippen molar-refractivity contribution in [1.82, 2.24) is 10.3 Å². The molecule has 1 amide bonds. The minimum Gasteiger partial charge on any atom is -0.494 e. The van der Waals surface area contributed by atoms with E-state index in [-0.39, 0.29) is 18.3 Å².